The van der Waals surface area contributed by atoms with Gasteiger partial charge in [0.25, 0.3) is 0 Å². The van der Waals surface area contributed by atoms with E-state index < -0.39 is 5.54 Å². The number of likely N-dealkylation sites (tertiary alicyclic amines) is 1. The van der Waals surface area contributed by atoms with E-state index in [1.807, 2.05) is 0 Å². The standard InChI is InChI=1S/C13H25N3O.2ClH/c1-11(10-16-7-3-2-4-8-16)9-15-12(17)13(14)5-6-13;;/h11H,2-10,14H2,1H3,(H,15,17);2*1H. The minimum absolute atomic E-state index is 0. The van der Waals surface area contributed by atoms with Crippen LogP contribution in [0, 0.1) is 5.92 Å². The van der Waals surface area contributed by atoms with Gasteiger partial charge in [0.1, 0.15) is 0 Å². The van der Waals surface area contributed by atoms with Crippen molar-refractivity contribution in [3.05, 3.63) is 0 Å². The lowest BCUT2D eigenvalue weighted by molar-refractivity contribution is -0.123. The van der Waals surface area contributed by atoms with E-state index in [0.29, 0.717) is 5.92 Å². The first-order chi connectivity index (χ1) is 8.10. The van der Waals surface area contributed by atoms with E-state index in [9.17, 15) is 4.79 Å². The number of nitrogens with zero attached hydrogens (tertiary/aromatic N) is 1. The van der Waals surface area contributed by atoms with Crippen molar-refractivity contribution in [2.45, 2.75) is 44.6 Å². The highest BCUT2D eigenvalue weighted by Gasteiger charge is 2.45. The number of amides is 1. The van der Waals surface area contributed by atoms with Crippen LogP contribution >= 0.6 is 24.8 Å². The first-order valence-corrected chi connectivity index (χ1v) is 6.90. The Labute approximate surface area is 128 Å². The Morgan fingerprint density at radius 2 is 1.84 bits per heavy atom. The monoisotopic (exact) mass is 311 g/mol. The number of carbonyl (C=O) groups is 1. The van der Waals surface area contributed by atoms with Gasteiger partial charge in [-0.3, -0.25) is 4.79 Å². The third kappa shape index (κ3) is 5.86. The molecule has 19 heavy (non-hydrogen) atoms. The smallest absolute Gasteiger partial charge is 0.240 e. The summed E-state index contributed by atoms with van der Waals surface area (Å²) in [4.78, 5) is 14.2. The van der Waals surface area contributed by atoms with E-state index in [1.165, 1.54) is 32.4 Å². The molecule has 1 unspecified atom stereocenters. The molecule has 1 amide bonds. The van der Waals surface area contributed by atoms with Gasteiger partial charge in [0.15, 0.2) is 0 Å². The van der Waals surface area contributed by atoms with Gasteiger partial charge in [0.2, 0.25) is 5.91 Å². The molecule has 0 aromatic carbocycles. The predicted molar refractivity (Wildman–Crippen MR) is 83.1 cm³/mol. The van der Waals surface area contributed by atoms with Gasteiger partial charge in [-0.15, -0.1) is 24.8 Å². The number of nitrogens with one attached hydrogen (secondary N) is 1. The molecule has 2 rings (SSSR count). The molecule has 1 saturated carbocycles. The maximum atomic E-state index is 11.7. The van der Waals surface area contributed by atoms with Crippen molar-refractivity contribution in [2.24, 2.45) is 11.7 Å². The van der Waals surface area contributed by atoms with Crippen molar-refractivity contribution < 1.29 is 4.79 Å². The average molecular weight is 312 g/mol. The van der Waals surface area contributed by atoms with Crippen molar-refractivity contribution in [3.8, 4) is 0 Å². The summed E-state index contributed by atoms with van der Waals surface area (Å²) >= 11 is 0. The minimum atomic E-state index is -0.523. The van der Waals surface area contributed by atoms with E-state index >= 15 is 0 Å². The number of carbonyl (C=O) groups excluding carboxylic acids is 1. The van der Waals surface area contributed by atoms with Crippen molar-refractivity contribution in [2.75, 3.05) is 26.2 Å². The molecule has 1 atom stereocenters. The first kappa shape index (κ1) is 19.0. The van der Waals surface area contributed by atoms with E-state index in [2.05, 4.69) is 17.1 Å². The Kier molecular flexibility index (Phi) is 8.29. The van der Waals surface area contributed by atoms with Gasteiger partial charge in [-0.2, -0.15) is 0 Å². The summed E-state index contributed by atoms with van der Waals surface area (Å²) in [5, 5.41) is 2.98. The number of hydrogen-bond donors (Lipinski definition) is 2. The molecular formula is C13H27Cl2N3O. The van der Waals surface area contributed by atoms with Crippen LogP contribution in [0.5, 0.6) is 0 Å². The third-order valence-electron chi connectivity index (χ3n) is 3.87. The van der Waals surface area contributed by atoms with E-state index in [4.69, 9.17) is 5.73 Å². The van der Waals surface area contributed by atoms with Gasteiger partial charge in [-0.25, -0.2) is 0 Å². The van der Waals surface area contributed by atoms with Gasteiger partial charge in [0.05, 0.1) is 5.54 Å². The van der Waals surface area contributed by atoms with Gasteiger partial charge >= 0.3 is 0 Å². The molecular weight excluding hydrogens is 285 g/mol. The molecule has 4 nitrogen and oxygen atoms in total. The molecule has 0 radical (unpaired) electrons. The molecule has 2 aliphatic rings. The van der Waals surface area contributed by atoms with E-state index in [-0.39, 0.29) is 30.7 Å². The zero-order chi connectivity index (χ0) is 12.3. The molecule has 6 heteroatoms. The Balaban J connectivity index is 0.00000162. The Hall–Kier alpha value is -0.0300. The minimum Gasteiger partial charge on any atom is -0.354 e. The molecule has 1 heterocycles. The summed E-state index contributed by atoms with van der Waals surface area (Å²) in [5.41, 5.74) is 5.32. The van der Waals surface area contributed by atoms with Crippen LogP contribution in [0.1, 0.15) is 39.0 Å². The second-order valence-corrected chi connectivity index (χ2v) is 5.83. The summed E-state index contributed by atoms with van der Waals surface area (Å²) in [6.45, 7) is 6.50. The molecule has 1 aliphatic carbocycles. The van der Waals surface area contributed by atoms with Crippen LogP contribution in [0.3, 0.4) is 0 Å². The van der Waals surface area contributed by atoms with Gasteiger partial charge in [-0.05, 0) is 44.7 Å². The molecule has 3 N–H and O–H groups in total. The van der Waals surface area contributed by atoms with Gasteiger partial charge < -0.3 is 16.0 Å². The highest BCUT2D eigenvalue weighted by molar-refractivity contribution is 5.88. The zero-order valence-corrected chi connectivity index (χ0v) is 13.3. The van der Waals surface area contributed by atoms with Crippen molar-refractivity contribution in [1.29, 1.82) is 0 Å². The van der Waals surface area contributed by atoms with Gasteiger partial charge in [0, 0.05) is 13.1 Å². The highest BCUT2D eigenvalue weighted by Crippen LogP contribution is 2.32. The second-order valence-electron chi connectivity index (χ2n) is 5.83. The van der Waals surface area contributed by atoms with Crippen LogP contribution in [0.4, 0.5) is 0 Å². The topological polar surface area (TPSA) is 58.4 Å². The van der Waals surface area contributed by atoms with Crippen molar-refractivity contribution >= 4 is 30.7 Å². The lowest BCUT2D eigenvalue weighted by atomic mass is 10.1. The fourth-order valence-electron chi connectivity index (χ4n) is 2.45. The maximum Gasteiger partial charge on any atom is 0.240 e. The Bertz CT molecular complexity index is 279. The fourth-order valence-corrected chi connectivity index (χ4v) is 2.45. The summed E-state index contributed by atoms with van der Waals surface area (Å²) in [6.07, 6.45) is 5.71. The molecule has 0 aromatic heterocycles. The first-order valence-electron chi connectivity index (χ1n) is 6.90. The quantitative estimate of drug-likeness (QED) is 0.810. The highest BCUT2D eigenvalue weighted by atomic mass is 35.5. The molecule has 2 fully saturated rings. The molecule has 114 valence electrons. The summed E-state index contributed by atoms with van der Waals surface area (Å²) < 4.78 is 0. The molecule has 0 aromatic rings. The van der Waals surface area contributed by atoms with E-state index in [0.717, 1.165) is 25.9 Å². The maximum absolute atomic E-state index is 11.7. The molecule has 0 bridgehead atoms. The van der Waals surface area contributed by atoms with Crippen LogP contribution in [0.15, 0.2) is 0 Å². The van der Waals surface area contributed by atoms with Crippen LogP contribution in [-0.4, -0.2) is 42.5 Å². The molecule has 1 aliphatic heterocycles. The molecule has 1 saturated heterocycles. The van der Waals surface area contributed by atoms with Crippen LogP contribution in [0.2, 0.25) is 0 Å². The average Bonchev–Trinajstić information content (AvgIpc) is 3.07. The predicted octanol–water partition coefficient (Wildman–Crippen LogP) is 1.56. The number of rotatable bonds is 5. The van der Waals surface area contributed by atoms with Gasteiger partial charge in [-0.1, -0.05) is 13.3 Å². The van der Waals surface area contributed by atoms with Crippen LogP contribution < -0.4 is 11.1 Å². The third-order valence-corrected chi connectivity index (χ3v) is 3.87. The van der Waals surface area contributed by atoms with Crippen molar-refractivity contribution in [3.63, 3.8) is 0 Å². The largest absolute Gasteiger partial charge is 0.354 e. The number of nitrogens with two attached hydrogens (primary N) is 1. The Morgan fingerprint density at radius 1 is 1.26 bits per heavy atom. The number of piperidine rings is 1. The van der Waals surface area contributed by atoms with Crippen LogP contribution in [-0.2, 0) is 4.79 Å². The molecule has 0 spiro atoms. The number of halogens is 2. The summed E-state index contributed by atoms with van der Waals surface area (Å²) in [5.74, 6) is 0.558. The lowest BCUT2D eigenvalue weighted by Gasteiger charge is -2.29. The fraction of sp³-hybridized carbons (Fsp3) is 0.923. The van der Waals surface area contributed by atoms with E-state index in [1.54, 1.807) is 0 Å². The SMILES string of the molecule is CC(CNC(=O)C1(N)CC1)CN1CCCCC1.Cl.Cl. The number of hydrogen-bond acceptors (Lipinski definition) is 3. The normalized spacial score (nSPS) is 22.6. The van der Waals surface area contributed by atoms with Crippen LogP contribution in [0.25, 0.3) is 0 Å². The summed E-state index contributed by atoms with van der Waals surface area (Å²) in [7, 11) is 0. The van der Waals surface area contributed by atoms with Crippen molar-refractivity contribution in [1.82, 2.24) is 10.2 Å². The zero-order valence-electron chi connectivity index (χ0n) is 11.7. The summed E-state index contributed by atoms with van der Waals surface area (Å²) in [6, 6.07) is 0. The lowest BCUT2D eigenvalue weighted by Crippen LogP contribution is -2.45. The second kappa shape index (κ2) is 8.30. The Morgan fingerprint density at radius 3 is 2.37 bits per heavy atom.